The Balaban J connectivity index is 2.48. The van der Waals surface area contributed by atoms with Crippen LogP contribution in [0.1, 0.15) is 1.37 Å². The van der Waals surface area contributed by atoms with Crippen LogP contribution >= 0.6 is 0 Å². The fourth-order valence-corrected chi connectivity index (χ4v) is 1.04. The maximum Gasteiger partial charge on any atom is 0.0840 e. The van der Waals surface area contributed by atoms with Crippen molar-refractivity contribution in [1.82, 2.24) is 9.97 Å². The van der Waals surface area contributed by atoms with Crippen molar-refractivity contribution >= 4 is 0 Å². The van der Waals surface area contributed by atoms with Gasteiger partial charge in [-0.05, 0) is 35.4 Å². The van der Waals surface area contributed by atoms with E-state index in [1.807, 2.05) is 18.2 Å². The summed E-state index contributed by atoms with van der Waals surface area (Å²) in [5.41, 5.74) is 2.06. The fourth-order valence-electron chi connectivity index (χ4n) is 1.04. The van der Waals surface area contributed by atoms with Crippen LogP contribution in [-0.4, -0.2) is 9.97 Å². The van der Waals surface area contributed by atoms with E-state index >= 15 is 0 Å². The zero-order valence-electron chi connectivity index (χ0n) is 7.44. The number of aromatic nitrogens is 2. The molecule has 2 rings (SSSR count). The topological polar surface area (TPSA) is 25.8 Å². The Bertz CT molecular complexity index is 401. The number of hydrogen-bond donors (Lipinski definition) is 0. The van der Waals surface area contributed by atoms with Gasteiger partial charge in [-0.1, -0.05) is 0 Å². The zero-order valence-corrected chi connectivity index (χ0v) is 6.44. The van der Waals surface area contributed by atoms with Crippen LogP contribution in [-0.2, 0) is 0 Å². The quantitative estimate of drug-likeness (QED) is 0.633. The van der Waals surface area contributed by atoms with Gasteiger partial charge in [0.05, 0.1) is 1.37 Å². The minimum Gasteiger partial charge on any atom is -0.265 e. The van der Waals surface area contributed by atoms with Gasteiger partial charge in [0.25, 0.3) is 0 Å². The Morgan fingerprint density at radius 2 is 1.42 bits per heavy atom. The van der Waals surface area contributed by atoms with E-state index in [4.69, 9.17) is 1.37 Å². The Morgan fingerprint density at radius 3 is 2.08 bits per heavy atom. The molecule has 0 amide bonds. The molecular weight excluding hydrogens is 148 g/mol. The largest absolute Gasteiger partial charge is 0.265 e. The van der Waals surface area contributed by atoms with Crippen LogP contribution in [0, 0.1) is 0 Å². The molecule has 0 spiro atoms. The minimum atomic E-state index is 0.286. The lowest BCUT2D eigenvalue weighted by molar-refractivity contribution is 1.31. The van der Waals surface area contributed by atoms with Crippen molar-refractivity contribution in [3.63, 3.8) is 0 Å². The molecule has 0 aliphatic heterocycles. The Labute approximate surface area is 72.3 Å². The molecule has 2 aromatic heterocycles. The third-order valence-corrected chi connectivity index (χ3v) is 1.64. The third kappa shape index (κ3) is 1.32. The van der Waals surface area contributed by atoms with Gasteiger partial charge in [0, 0.05) is 24.8 Å². The van der Waals surface area contributed by atoms with E-state index in [9.17, 15) is 0 Å². The van der Waals surface area contributed by atoms with Gasteiger partial charge < -0.3 is 0 Å². The summed E-state index contributed by atoms with van der Waals surface area (Å²) in [4.78, 5) is 7.75. The summed E-state index contributed by atoms with van der Waals surface area (Å²) in [6.45, 7) is 0. The average Bonchev–Trinajstić information content (AvgIpc) is 2.19. The molecule has 0 aliphatic carbocycles. The van der Waals surface area contributed by atoms with Crippen molar-refractivity contribution < 1.29 is 1.37 Å². The summed E-state index contributed by atoms with van der Waals surface area (Å²) < 4.78 is 7.36. The predicted octanol–water partition coefficient (Wildman–Crippen LogP) is 2.14. The van der Waals surface area contributed by atoms with E-state index in [0.717, 1.165) is 11.1 Å². The van der Waals surface area contributed by atoms with Crippen molar-refractivity contribution in [3.8, 4) is 11.1 Å². The molecule has 2 heterocycles. The summed E-state index contributed by atoms with van der Waals surface area (Å²) in [5, 5.41) is 0. The summed E-state index contributed by atoms with van der Waals surface area (Å²) in [6.07, 6.45) is 5.39. The van der Waals surface area contributed by atoms with Crippen molar-refractivity contribution in [2.24, 2.45) is 0 Å². The zero-order chi connectivity index (χ0) is 9.10. The number of hydrogen-bond acceptors (Lipinski definition) is 2. The maximum absolute atomic E-state index is 7.36. The highest BCUT2D eigenvalue weighted by Gasteiger charge is 1.92. The first kappa shape index (κ1) is 5.89. The maximum atomic E-state index is 7.36. The van der Waals surface area contributed by atoms with E-state index < -0.39 is 0 Å². The second kappa shape index (κ2) is 3.13. The molecular formula is C10H8N2. The summed E-state index contributed by atoms with van der Waals surface area (Å²) in [6, 6.07) is 7.44. The summed E-state index contributed by atoms with van der Waals surface area (Å²) in [5.74, 6) is 0. The number of nitrogens with zero attached hydrogens (tertiary/aromatic N) is 2. The molecule has 0 unspecified atom stereocenters. The second-order valence-corrected chi connectivity index (χ2v) is 2.41. The van der Waals surface area contributed by atoms with E-state index in [0.29, 0.717) is 0 Å². The monoisotopic (exact) mass is 157 g/mol. The lowest BCUT2D eigenvalue weighted by atomic mass is 10.1. The third-order valence-electron chi connectivity index (χ3n) is 1.64. The van der Waals surface area contributed by atoms with Gasteiger partial charge in [-0.2, -0.15) is 0 Å². The van der Waals surface area contributed by atoms with Crippen LogP contribution in [0.5, 0.6) is 0 Å². The van der Waals surface area contributed by atoms with Crippen LogP contribution in [0.15, 0.2) is 49.0 Å². The molecule has 0 aromatic carbocycles. The van der Waals surface area contributed by atoms with Crippen LogP contribution in [0.2, 0.25) is 0 Å². The Kier molecular flexibility index (Phi) is 1.54. The fraction of sp³-hybridized carbons (Fsp3) is 0. The molecule has 2 aromatic rings. The van der Waals surface area contributed by atoms with E-state index in [1.54, 1.807) is 24.7 Å². The highest BCUT2D eigenvalue weighted by Crippen LogP contribution is 2.15. The van der Waals surface area contributed by atoms with Crippen molar-refractivity contribution in [1.29, 1.82) is 0 Å². The van der Waals surface area contributed by atoms with Crippen LogP contribution in [0.4, 0.5) is 0 Å². The number of pyridine rings is 2. The van der Waals surface area contributed by atoms with Crippen LogP contribution < -0.4 is 0 Å². The molecule has 0 saturated heterocycles. The molecule has 0 N–H and O–H groups in total. The number of rotatable bonds is 1. The van der Waals surface area contributed by atoms with Gasteiger partial charge in [-0.25, -0.2) is 0 Å². The van der Waals surface area contributed by atoms with Gasteiger partial charge in [0.1, 0.15) is 0 Å². The lowest BCUT2D eigenvalue weighted by Gasteiger charge is -1.97. The van der Waals surface area contributed by atoms with Crippen molar-refractivity contribution in [2.45, 2.75) is 0 Å². The van der Waals surface area contributed by atoms with Gasteiger partial charge in [-0.3, -0.25) is 9.97 Å². The summed E-state index contributed by atoms with van der Waals surface area (Å²) >= 11 is 0. The van der Waals surface area contributed by atoms with Crippen molar-refractivity contribution in [3.05, 3.63) is 49.0 Å². The molecule has 12 heavy (non-hydrogen) atoms. The first-order chi connectivity index (χ1) is 6.36. The Hall–Kier alpha value is -1.70. The molecule has 0 saturated carbocycles. The van der Waals surface area contributed by atoms with Gasteiger partial charge in [0.15, 0.2) is 0 Å². The molecule has 2 nitrogen and oxygen atoms in total. The Morgan fingerprint density at radius 1 is 0.833 bits per heavy atom. The van der Waals surface area contributed by atoms with Crippen molar-refractivity contribution in [2.75, 3.05) is 0 Å². The highest BCUT2D eigenvalue weighted by atomic mass is 14.6. The smallest absolute Gasteiger partial charge is 0.0840 e. The molecule has 2 heteroatoms. The first-order valence-corrected chi connectivity index (χ1v) is 3.69. The SMILES string of the molecule is [2H]c1cc(-c2ccncc2)ccn1. The average molecular weight is 157 g/mol. The van der Waals surface area contributed by atoms with E-state index in [1.165, 1.54) is 0 Å². The van der Waals surface area contributed by atoms with E-state index in [-0.39, 0.29) is 6.17 Å². The van der Waals surface area contributed by atoms with Gasteiger partial charge in [0.2, 0.25) is 0 Å². The highest BCUT2D eigenvalue weighted by molar-refractivity contribution is 5.61. The lowest BCUT2D eigenvalue weighted by Crippen LogP contribution is -1.77. The van der Waals surface area contributed by atoms with Gasteiger partial charge in [-0.15, -0.1) is 0 Å². The second-order valence-electron chi connectivity index (χ2n) is 2.41. The standard InChI is InChI=1S/C10H8N2/c1-5-11-6-2-9(1)10-3-7-12-8-4-10/h1-8H/i5D. The minimum absolute atomic E-state index is 0.286. The summed E-state index contributed by atoms with van der Waals surface area (Å²) in [7, 11) is 0. The normalized spacial score (nSPS) is 10.8. The molecule has 0 radical (unpaired) electrons. The van der Waals surface area contributed by atoms with Gasteiger partial charge >= 0.3 is 0 Å². The molecule has 58 valence electrons. The molecule has 0 aliphatic rings. The van der Waals surface area contributed by atoms with Crippen LogP contribution in [0.25, 0.3) is 11.1 Å². The van der Waals surface area contributed by atoms with Crippen LogP contribution in [0.3, 0.4) is 0 Å². The molecule has 0 fully saturated rings. The predicted molar refractivity (Wildman–Crippen MR) is 47.5 cm³/mol. The molecule has 0 bridgehead atoms. The first-order valence-electron chi connectivity index (χ1n) is 4.19. The molecule has 0 atom stereocenters. The van der Waals surface area contributed by atoms with E-state index in [2.05, 4.69) is 9.97 Å².